The monoisotopic (exact) mass is 383 g/mol. The molecule has 3 aromatic rings. The predicted molar refractivity (Wildman–Crippen MR) is 110 cm³/mol. The second-order valence-electron chi connectivity index (χ2n) is 7.12. The second-order valence-corrected chi connectivity index (χ2v) is 8.32. The van der Waals surface area contributed by atoms with Gasteiger partial charge in [-0.25, -0.2) is 9.97 Å². The molecule has 0 spiro atoms. The Kier molecular flexibility index (Phi) is 5.50. The Morgan fingerprint density at radius 2 is 2.04 bits per heavy atom. The average molecular weight is 384 g/mol. The molecule has 142 valence electrons. The minimum atomic E-state index is -0.110. The molecular formula is C20H25N5OS. The Balaban J connectivity index is 1.44. The zero-order valence-electron chi connectivity index (χ0n) is 15.6. The summed E-state index contributed by atoms with van der Waals surface area (Å²) in [6.07, 6.45) is 7.31. The van der Waals surface area contributed by atoms with E-state index in [1.54, 1.807) is 18.3 Å². The maximum absolute atomic E-state index is 12.3. The van der Waals surface area contributed by atoms with Crippen LogP contribution in [-0.2, 0) is 13.1 Å². The number of aryl methyl sites for hydroxylation is 1. The van der Waals surface area contributed by atoms with Crippen molar-refractivity contribution in [1.29, 1.82) is 0 Å². The number of H-pyrrole nitrogens is 1. The van der Waals surface area contributed by atoms with Crippen LogP contribution in [0.3, 0.4) is 0 Å². The van der Waals surface area contributed by atoms with Crippen LogP contribution in [0.2, 0.25) is 0 Å². The summed E-state index contributed by atoms with van der Waals surface area (Å²) in [7, 11) is 0. The number of hydrogen-bond acceptors (Lipinski definition) is 6. The first-order valence-electron chi connectivity index (χ1n) is 9.58. The Bertz CT molecular complexity index is 972. The molecule has 0 bridgehead atoms. The molecule has 0 unspecified atom stereocenters. The van der Waals surface area contributed by atoms with E-state index < -0.39 is 0 Å². The fourth-order valence-corrected chi connectivity index (χ4v) is 4.55. The highest BCUT2D eigenvalue weighted by Crippen LogP contribution is 2.22. The summed E-state index contributed by atoms with van der Waals surface area (Å²) in [5.41, 5.74) is 1.40. The Morgan fingerprint density at radius 1 is 1.22 bits per heavy atom. The van der Waals surface area contributed by atoms with Gasteiger partial charge in [-0.1, -0.05) is 18.9 Å². The van der Waals surface area contributed by atoms with Gasteiger partial charge in [-0.15, -0.1) is 11.3 Å². The highest BCUT2D eigenvalue weighted by Gasteiger charge is 2.12. The van der Waals surface area contributed by atoms with E-state index in [1.165, 1.54) is 43.6 Å². The molecule has 2 N–H and O–H groups in total. The number of likely N-dealkylation sites (tertiary alicyclic amines) is 1. The lowest BCUT2D eigenvalue weighted by atomic mass is 10.2. The van der Waals surface area contributed by atoms with E-state index in [4.69, 9.17) is 0 Å². The van der Waals surface area contributed by atoms with Crippen molar-refractivity contribution in [2.75, 3.05) is 18.4 Å². The third-order valence-electron chi connectivity index (χ3n) is 4.96. The lowest BCUT2D eigenvalue weighted by Crippen LogP contribution is -2.23. The average Bonchev–Trinajstić information content (AvgIpc) is 2.93. The number of benzene rings is 1. The molecule has 1 saturated heterocycles. The van der Waals surface area contributed by atoms with Gasteiger partial charge in [0.25, 0.3) is 5.56 Å². The van der Waals surface area contributed by atoms with Gasteiger partial charge in [-0.3, -0.25) is 9.69 Å². The molecule has 1 aromatic carbocycles. The summed E-state index contributed by atoms with van der Waals surface area (Å²) >= 11 is 1.75. The summed E-state index contributed by atoms with van der Waals surface area (Å²) in [6.45, 7) is 5.78. The maximum Gasteiger partial charge on any atom is 0.260 e. The number of aromatic nitrogens is 3. The molecule has 6 nitrogen and oxygen atoms in total. The van der Waals surface area contributed by atoms with Crippen LogP contribution in [0.4, 0.5) is 5.69 Å². The van der Waals surface area contributed by atoms with E-state index in [2.05, 4.69) is 25.2 Å². The van der Waals surface area contributed by atoms with E-state index in [0.717, 1.165) is 17.2 Å². The van der Waals surface area contributed by atoms with Crippen LogP contribution in [0.1, 0.15) is 41.4 Å². The van der Waals surface area contributed by atoms with Gasteiger partial charge in [0.2, 0.25) is 0 Å². The first-order valence-corrected chi connectivity index (χ1v) is 10.4. The van der Waals surface area contributed by atoms with Crippen molar-refractivity contribution in [2.45, 2.75) is 45.7 Å². The van der Waals surface area contributed by atoms with Crippen molar-refractivity contribution in [1.82, 2.24) is 19.9 Å². The van der Waals surface area contributed by atoms with Gasteiger partial charge in [0.1, 0.15) is 10.8 Å². The fourth-order valence-electron chi connectivity index (χ4n) is 3.64. The predicted octanol–water partition coefficient (Wildman–Crippen LogP) is 3.68. The molecule has 1 fully saturated rings. The molecule has 1 aliphatic rings. The van der Waals surface area contributed by atoms with Gasteiger partial charge in [-0.2, -0.15) is 0 Å². The minimum absolute atomic E-state index is 0.110. The van der Waals surface area contributed by atoms with Gasteiger partial charge in [0, 0.05) is 23.3 Å². The van der Waals surface area contributed by atoms with Crippen molar-refractivity contribution in [3.05, 3.63) is 50.5 Å². The first-order chi connectivity index (χ1) is 13.2. The van der Waals surface area contributed by atoms with E-state index >= 15 is 0 Å². The third kappa shape index (κ3) is 4.36. The standard InChI is InChI=1S/C20H25N5OS/c1-14-23-17-8-6-7-16(19(17)20(26)24-14)21-12-18-22-11-15(27-18)13-25-9-4-2-3-5-10-25/h6-8,11,21H,2-5,9-10,12-13H2,1H3,(H,23,24,26). The van der Waals surface area contributed by atoms with Gasteiger partial charge < -0.3 is 10.3 Å². The maximum atomic E-state index is 12.3. The van der Waals surface area contributed by atoms with E-state index in [1.807, 2.05) is 24.4 Å². The number of nitrogens with one attached hydrogen (secondary N) is 2. The van der Waals surface area contributed by atoms with Crippen molar-refractivity contribution < 1.29 is 0 Å². The lowest BCUT2D eigenvalue weighted by molar-refractivity contribution is 0.279. The molecule has 27 heavy (non-hydrogen) atoms. The molecule has 4 rings (SSSR count). The van der Waals surface area contributed by atoms with Crippen LogP contribution in [-0.4, -0.2) is 32.9 Å². The van der Waals surface area contributed by atoms with Gasteiger partial charge in [0.15, 0.2) is 0 Å². The topological polar surface area (TPSA) is 73.9 Å². The van der Waals surface area contributed by atoms with Crippen molar-refractivity contribution in [3.63, 3.8) is 0 Å². The smallest absolute Gasteiger partial charge is 0.260 e. The Morgan fingerprint density at radius 3 is 2.85 bits per heavy atom. The van der Waals surface area contributed by atoms with Crippen molar-refractivity contribution in [3.8, 4) is 0 Å². The van der Waals surface area contributed by atoms with E-state index in [9.17, 15) is 4.79 Å². The van der Waals surface area contributed by atoms with Crippen LogP contribution in [0, 0.1) is 6.92 Å². The number of thiazole rings is 1. The molecular weight excluding hydrogens is 358 g/mol. The number of aromatic amines is 1. The Labute approximate surface area is 162 Å². The molecule has 0 amide bonds. The van der Waals surface area contributed by atoms with Crippen LogP contribution < -0.4 is 10.9 Å². The summed E-state index contributed by atoms with van der Waals surface area (Å²) in [5.74, 6) is 0.628. The number of hydrogen-bond donors (Lipinski definition) is 2. The SMILES string of the molecule is Cc1nc2cccc(NCc3ncc(CN4CCCCCC4)s3)c2c(=O)[nH]1. The second kappa shape index (κ2) is 8.19. The first kappa shape index (κ1) is 18.1. The minimum Gasteiger partial charge on any atom is -0.378 e. The molecule has 7 heteroatoms. The van der Waals surface area contributed by atoms with Crippen LogP contribution in [0.15, 0.2) is 29.2 Å². The number of nitrogens with zero attached hydrogens (tertiary/aromatic N) is 3. The zero-order chi connectivity index (χ0) is 18.6. The molecule has 3 heterocycles. The Hall–Kier alpha value is -2.25. The van der Waals surface area contributed by atoms with Crippen molar-refractivity contribution in [2.24, 2.45) is 0 Å². The van der Waals surface area contributed by atoms with Crippen LogP contribution in [0.25, 0.3) is 10.9 Å². The van der Waals surface area contributed by atoms with Crippen LogP contribution >= 0.6 is 11.3 Å². The molecule has 0 atom stereocenters. The van der Waals surface area contributed by atoms with E-state index in [0.29, 0.717) is 23.3 Å². The normalized spacial score (nSPS) is 15.7. The largest absolute Gasteiger partial charge is 0.378 e. The summed E-state index contributed by atoms with van der Waals surface area (Å²) in [5, 5.41) is 5.00. The number of rotatable bonds is 5. The molecule has 0 radical (unpaired) electrons. The zero-order valence-corrected chi connectivity index (χ0v) is 16.4. The summed E-state index contributed by atoms with van der Waals surface area (Å²) < 4.78 is 0. The van der Waals surface area contributed by atoms with Crippen LogP contribution in [0.5, 0.6) is 0 Å². The van der Waals surface area contributed by atoms with Gasteiger partial charge in [0.05, 0.1) is 17.4 Å². The molecule has 2 aromatic heterocycles. The lowest BCUT2D eigenvalue weighted by Gasteiger charge is -2.18. The highest BCUT2D eigenvalue weighted by molar-refractivity contribution is 7.11. The highest BCUT2D eigenvalue weighted by atomic mass is 32.1. The number of fused-ring (bicyclic) bond motifs is 1. The van der Waals surface area contributed by atoms with Crippen molar-refractivity contribution >= 4 is 27.9 Å². The summed E-state index contributed by atoms with van der Waals surface area (Å²) in [4.78, 5) is 27.9. The third-order valence-corrected chi connectivity index (χ3v) is 5.94. The van der Waals surface area contributed by atoms with Gasteiger partial charge >= 0.3 is 0 Å². The molecule has 0 aliphatic carbocycles. The van der Waals surface area contributed by atoms with Gasteiger partial charge in [-0.05, 0) is 45.0 Å². The summed E-state index contributed by atoms with van der Waals surface area (Å²) in [6, 6.07) is 5.70. The molecule has 0 saturated carbocycles. The molecule has 1 aliphatic heterocycles. The van der Waals surface area contributed by atoms with E-state index in [-0.39, 0.29) is 5.56 Å². The number of anilines is 1. The quantitative estimate of drug-likeness (QED) is 0.703. The fraction of sp³-hybridized carbons (Fsp3) is 0.450.